The number of hydrogen-bond donors (Lipinski definition) is 1. The van der Waals surface area contributed by atoms with Crippen molar-refractivity contribution >= 4 is 17.3 Å². The molecule has 17 heavy (non-hydrogen) atoms. The van der Waals surface area contributed by atoms with Crippen molar-refractivity contribution in [1.29, 1.82) is 0 Å². The van der Waals surface area contributed by atoms with Gasteiger partial charge in [-0.2, -0.15) is 0 Å². The van der Waals surface area contributed by atoms with Gasteiger partial charge in [-0.15, -0.1) is 0 Å². The van der Waals surface area contributed by atoms with E-state index in [1.54, 1.807) is 0 Å². The van der Waals surface area contributed by atoms with Crippen LogP contribution in [0.15, 0.2) is 18.2 Å². The molecule has 0 saturated carbocycles. The molecule has 1 aromatic rings. The van der Waals surface area contributed by atoms with E-state index in [0.717, 1.165) is 24.2 Å². The molecule has 1 amide bonds. The van der Waals surface area contributed by atoms with Gasteiger partial charge in [-0.05, 0) is 37.3 Å². The standard InChI is InChI=1S/C14H18N2O/c1-9-5-3-7-11-12(9)15-14(17)13-10(2)6-4-8-16(11)13/h3,5,7,10,13H,4,6,8H2,1-2H3,(H,15,17). The van der Waals surface area contributed by atoms with Crippen molar-refractivity contribution in [3.05, 3.63) is 23.8 Å². The lowest BCUT2D eigenvalue weighted by Gasteiger charge is -2.44. The van der Waals surface area contributed by atoms with Crippen molar-refractivity contribution in [2.45, 2.75) is 32.7 Å². The Morgan fingerprint density at radius 3 is 3.06 bits per heavy atom. The molecule has 1 fully saturated rings. The van der Waals surface area contributed by atoms with Crippen molar-refractivity contribution in [2.75, 3.05) is 16.8 Å². The van der Waals surface area contributed by atoms with Crippen molar-refractivity contribution in [3.63, 3.8) is 0 Å². The minimum atomic E-state index is 0.0260. The molecule has 3 rings (SSSR count). The second-order valence-electron chi connectivity index (χ2n) is 5.22. The minimum Gasteiger partial charge on any atom is -0.358 e. The molecule has 2 atom stereocenters. The van der Waals surface area contributed by atoms with Crippen LogP contribution in [0.25, 0.3) is 0 Å². The maximum absolute atomic E-state index is 12.2. The van der Waals surface area contributed by atoms with E-state index in [9.17, 15) is 4.79 Å². The molecule has 1 saturated heterocycles. The molecular weight excluding hydrogens is 212 g/mol. The molecule has 2 unspecified atom stereocenters. The second-order valence-corrected chi connectivity index (χ2v) is 5.22. The number of fused-ring (bicyclic) bond motifs is 3. The monoisotopic (exact) mass is 230 g/mol. The third kappa shape index (κ3) is 1.53. The third-order valence-electron chi connectivity index (χ3n) is 4.01. The van der Waals surface area contributed by atoms with Gasteiger partial charge in [0.05, 0.1) is 11.4 Å². The van der Waals surface area contributed by atoms with Crippen LogP contribution >= 0.6 is 0 Å². The zero-order valence-electron chi connectivity index (χ0n) is 10.4. The lowest BCUT2D eigenvalue weighted by Crippen LogP contribution is -2.54. The maximum Gasteiger partial charge on any atom is 0.247 e. The predicted molar refractivity (Wildman–Crippen MR) is 69.3 cm³/mol. The van der Waals surface area contributed by atoms with E-state index >= 15 is 0 Å². The van der Waals surface area contributed by atoms with Gasteiger partial charge in [-0.25, -0.2) is 0 Å². The Labute approximate surface area is 102 Å². The van der Waals surface area contributed by atoms with E-state index < -0.39 is 0 Å². The highest BCUT2D eigenvalue weighted by Crippen LogP contribution is 2.39. The largest absolute Gasteiger partial charge is 0.358 e. The van der Waals surface area contributed by atoms with Crippen LogP contribution < -0.4 is 10.2 Å². The van der Waals surface area contributed by atoms with Crippen molar-refractivity contribution in [2.24, 2.45) is 5.92 Å². The van der Waals surface area contributed by atoms with Crippen LogP contribution in [0.2, 0.25) is 0 Å². The smallest absolute Gasteiger partial charge is 0.247 e. The Morgan fingerprint density at radius 2 is 2.24 bits per heavy atom. The average Bonchev–Trinajstić information content (AvgIpc) is 2.31. The van der Waals surface area contributed by atoms with Crippen LogP contribution in [0.4, 0.5) is 11.4 Å². The molecule has 1 aromatic carbocycles. The Morgan fingerprint density at radius 1 is 1.41 bits per heavy atom. The number of nitrogens with zero attached hydrogens (tertiary/aromatic N) is 1. The van der Waals surface area contributed by atoms with Crippen LogP contribution in [-0.2, 0) is 4.79 Å². The minimum absolute atomic E-state index is 0.0260. The number of carbonyl (C=O) groups excluding carboxylic acids is 1. The highest BCUT2D eigenvalue weighted by atomic mass is 16.2. The van der Waals surface area contributed by atoms with Gasteiger partial charge in [0.1, 0.15) is 6.04 Å². The molecule has 0 radical (unpaired) electrons. The third-order valence-corrected chi connectivity index (χ3v) is 4.01. The summed E-state index contributed by atoms with van der Waals surface area (Å²) in [5.74, 6) is 0.608. The highest BCUT2D eigenvalue weighted by Gasteiger charge is 2.39. The topological polar surface area (TPSA) is 32.3 Å². The lowest BCUT2D eigenvalue weighted by atomic mass is 9.87. The second kappa shape index (κ2) is 3.76. The molecule has 2 aliphatic rings. The summed E-state index contributed by atoms with van der Waals surface area (Å²) in [5.41, 5.74) is 3.34. The summed E-state index contributed by atoms with van der Waals surface area (Å²) in [4.78, 5) is 14.5. The number of rotatable bonds is 0. The van der Waals surface area contributed by atoms with Crippen LogP contribution in [0.5, 0.6) is 0 Å². The average molecular weight is 230 g/mol. The summed E-state index contributed by atoms with van der Waals surface area (Å²) in [6.45, 7) is 5.23. The fourth-order valence-corrected chi connectivity index (χ4v) is 3.11. The van der Waals surface area contributed by atoms with Crippen LogP contribution in [0.3, 0.4) is 0 Å². The van der Waals surface area contributed by atoms with Crippen molar-refractivity contribution < 1.29 is 4.79 Å². The first-order valence-corrected chi connectivity index (χ1v) is 6.35. The summed E-state index contributed by atoms with van der Waals surface area (Å²) in [6.07, 6.45) is 2.33. The zero-order valence-corrected chi connectivity index (χ0v) is 10.4. The summed E-state index contributed by atoms with van der Waals surface area (Å²) in [7, 11) is 0. The SMILES string of the molecule is Cc1cccc2c1NC(=O)C1C(C)CCCN21. The number of amides is 1. The first-order valence-electron chi connectivity index (χ1n) is 6.35. The molecule has 1 N–H and O–H groups in total. The van der Waals surface area contributed by atoms with Gasteiger partial charge in [-0.1, -0.05) is 19.1 Å². The Bertz CT molecular complexity index is 469. The molecule has 90 valence electrons. The normalized spacial score (nSPS) is 27.2. The lowest BCUT2D eigenvalue weighted by molar-refractivity contribution is -0.119. The van der Waals surface area contributed by atoms with Crippen LogP contribution in [-0.4, -0.2) is 18.5 Å². The number of anilines is 2. The zero-order chi connectivity index (χ0) is 12.0. The van der Waals surface area contributed by atoms with Crippen LogP contribution in [0, 0.1) is 12.8 Å². The molecule has 0 aromatic heterocycles. The Kier molecular flexibility index (Phi) is 2.35. The summed E-state index contributed by atoms with van der Waals surface area (Å²) in [5, 5.41) is 3.08. The number of hydrogen-bond acceptors (Lipinski definition) is 2. The molecule has 0 bridgehead atoms. The van der Waals surface area contributed by atoms with E-state index in [0.29, 0.717) is 5.92 Å². The first kappa shape index (κ1) is 10.6. The van der Waals surface area contributed by atoms with E-state index in [2.05, 4.69) is 29.3 Å². The quantitative estimate of drug-likeness (QED) is 0.743. The van der Waals surface area contributed by atoms with Gasteiger partial charge in [0, 0.05) is 6.54 Å². The molecule has 0 aliphatic carbocycles. The Balaban J connectivity index is 2.10. The molecular formula is C14H18N2O. The van der Waals surface area contributed by atoms with Crippen LogP contribution in [0.1, 0.15) is 25.3 Å². The Hall–Kier alpha value is -1.51. The number of benzene rings is 1. The molecule has 2 heterocycles. The summed E-state index contributed by atoms with van der Waals surface area (Å²) < 4.78 is 0. The van der Waals surface area contributed by atoms with Gasteiger partial charge < -0.3 is 10.2 Å². The van der Waals surface area contributed by atoms with E-state index in [4.69, 9.17) is 0 Å². The van der Waals surface area contributed by atoms with Crippen molar-refractivity contribution in [1.82, 2.24) is 0 Å². The summed E-state index contributed by atoms with van der Waals surface area (Å²) >= 11 is 0. The van der Waals surface area contributed by atoms with Gasteiger partial charge >= 0.3 is 0 Å². The number of para-hydroxylation sites is 1. The molecule has 2 aliphatic heterocycles. The number of carbonyl (C=O) groups is 1. The van der Waals surface area contributed by atoms with Gasteiger partial charge in [0.2, 0.25) is 5.91 Å². The van der Waals surface area contributed by atoms with Crippen molar-refractivity contribution in [3.8, 4) is 0 Å². The number of nitrogens with one attached hydrogen (secondary N) is 1. The number of aryl methyl sites for hydroxylation is 1. The van der Waals surface area contributed by atoms with E-state index in [-0.39, 0.29) is 11.9 Å². The molecule has 0 spiro atoms. The number of piperidine rings is 1. The van der Waals surface area contributed by atoms with Gasteiger partial charge in [0.15, 0.2) is 0 Å². The summed E-state index contributed by atoms with van der Waals surface area (Å²) in [6, 6.07) is 6.26. The molecule has 3 nitrogen and oxygen atoms in total. The fraction of sp³-hybridized carbons (Fsp3) is 0.500. The van der Waals surface area contributed by atoms with E-state index in [1.807, 2.05) is 13.0 Å². The predicted octanol–water partition coefficient (Wildman–Crippen LogP) is 2.55. The van der Waals surface area contributed by atoms with Gasteiger partial charge in [0.25, 0.3) is 0 Å². The van der Waals surface area contributed by atoms with E-state index in [1.165, 1.54) is 12.1 Å². The fourth-order valence-electron chi connectivity index (χ4n) is 3.11. The molecule has 3 heteroatoms. The first-order chi connectivity index (χ1) is 8.18. The highest BCUT2D eigenvalue weighted by molar-refractivity contribution is 6.04. The van der Waals surface area contributed by atoms with Gasteiger partial charge in [-0.3, -0.25) is 4.79 Å². The maximum atomic E-state index is 12.2.